The number of fused-ring (bicyclic) bond motifs is 5. The Kier molecular flexibility index (Phi) is 4.91. The molecule has 0 N–H and O–H groups in total. The number of rotatable bonds is 0. The summed E-state index contributed by atoms with van der Waals surface area (Å²) in [6.45, 7) is 0. The van der Waals surface area contributed by atoms with E-state index in [1.807, 2.05) is 0 Å². The van der Waals surface area contributed by atoms with Crippen LogP contribution in [0.2, 0.25) is 0 Å². The summed E-state index contributed by atoms with van der Waals surface area (Å²) >= 11 is 0. The van der Waals surface area contributed by atoms with E-state index >= 15 is 8.78 Å². The molecule has 0 saturated heterocycles. The Balaban J connectivity index is 2.66. The first-order valence-electron chi connectivity index (χ1n) is 8.53. The predicted molar refractivity (Wildman–Crippen MR) is 95.8 cm³/mol. The topological polar surface area (TPSA) is 84.5 Å². The molecule has 0 saturated carbocycles. The second-order valence-corrected chi connectivity index (χ2v) is 6.55. The first-order valence-corrected chi connectivity index (χ1v) is 8.53. The molecule has 4 aromatic rings. The maximum absolute atomic E-state index is 15.1. The number of nitriles is 3. The fourth-order valence-electron chi connectivity index (χ4n) is 3.61. The highest BCUT2D eigenvalue weighted by Gasteiger charge is 2.32. The molecule has 168 valence electrons. The molecule has 0 amide bonds. The zero-order valence-electron chi connectivity index (χ0n) is 15.7. The van der Waals surface area contributed by atoms with E-state index in [-0.39, 0.29) is 0 Å². The van der Waals surface area contributed by atoms with Crippen molar-refractivity contribution >= 4 is 50.2 Å². The largest absolute Gasteiger partial charge is 0.450 e. The van der Waals surface area contributed by atoms with Crippen molar-refractivity contribution in [2.45, 2.75) is 0 Å². The van der Waals surface area contributed by atoms with Gasteiger partial charge in [-0.2, -0.15) is 29.0 Å². The van der Waals surface area contributed by atoms with Gasteiger partial charge in [0.25, 0.3) is 0 Å². The Labute approximate surface area is 179 Å². The van der Waals surface area contributed by atoms with Crippen molar-refractivity contribution in [3.63, 3.8) is 0 Å². The molecule has 1 heterocycles. The molecule has 4 nitrogen and oxygen atoms in total. The van der Waals surface area contributed by atoms with Crippen molar-refractivity contribution in [2.24, 2.45) is 0 Å². The third kappa shape index (κ3) is 2.60. The SMILES string of the molecule is N#C/C(F)=c1/c(F)c2oc3c(F)/c(=C(/F)C#N)c(F)c3c3c(F)/c(=C(/F)C#N)c(F)c3c2c1F. The van der Waals surface area contributed by atoms with Gasteiger partial charge in [-0.25, -0.2) is 26.3 Å². The second kappa shape index (κ2) is 7.42. The summed E-state index contributed by atoms with van der Waals surface area (Å²) in [5, 5.41) is 14.6. The number of hydrogen-bond donors (Lipinski definition) is 0. The van der Waals surface area contributed by atoms with Crippen LogP contribution in [-0.4, -0.2) is 0 Å². The third-order valence-corrected chi connectivity index (χ3v) is 4.95. The van der Waals surface area contributed by atoms with E-state index in [1.54, 1.807) is 0 Å². The summed E-state index contributed by atoms with van der Waals surface area (Å²) in [5.74, 6) is -19.0. The maximum Gasteiger partial charge on any atom is 0.213 e. The summed E-state index contributed by atoms with van der Waals surface area (Å²) in [6, 6.07) is 2.25. The van der Waals surface area contributed by atoms with Crippen LogP contribution in [-0.2, 0) is 0 Å². The molecule has 0 spiro atoms. The Hall–Kier alpha value is -4.70. The van der Waals surface area contributed by atoms with Crippen molar-refractivity contribution in [3.05, 3.63) is 50.6 Å². The number of hydrogen-bond acceptors (Lipinski definition) is 4. The highest BCUT2D eigenvalue weighted by Crippen LogP contribution is 2.38. The van der Waals surface area contributed by atoms with Crippen LogP contribution in [0.5, 0.6) is 0 Å². The van der Waals surface area contributed by atoms with Gasteiger partial charge in [-0.05, 0) is 0 Å². The molecule has 0 aliphatic carbocycles. The average molecular weight is 481 g/mol. The van der Waals surface area contributed by atoms with Gasteiger partial charge in [-0.3, -0.25) is 0 Å². The normalized spacial score (nSPS) is 14.2. The summed E-state index contributed by atoms with van der Waals surface area (Å²) in [6.07, 6.45) is 0. The van der Waals surface area contributed by atoms with Gasteiger partial charge in [0, 0.05) is 10.8 Å². The summed E-state index contributed by atoms with van der Waals surface area (Å²) in [4.78, 5) is 0. The Morgan fingerprint density at radius 1 is 0.471 bits per heavy atom. The molecule has 13 heteroatoms. The summed E-state index contributed by atoms with van der Waals surface area (Å²) in [7, 11) is 0. The van der Waals surface area contributed by atoms with Crippen LogP contribution >= 0.6 is 0 Å². The molecule has 0 atom stereocenters. The van der Waals surface area contributed by atoms with E-state index in [0.29, 0.717) is 0 Å². The van der Waals surface area contributed by atoms with Crippen molar-refractivity contribution < 1.29 is 43.9 Å². The lowest BCUT2D eigenvalue weighted by Crippen LogP contribution is -2.10. The van der Waals surface area contributed by atoms with Crippen molar-refractivity contribution in [3.8, 4) is 18.2 Å². The van der Waals surface area contributed by atoms with Crippen LogP contribution in [0.1, 0.15) is 0 Å². The molecule has 0 fully saturated rings. The standard InChI is InChI=1S/C21F9N3O/c22-4(1-31)7-14(25)10-11(15(7)26)13-17(28)9(6(24)3-33)19(30)21(13)34-20-12(10)16(27)8(18(20)29)5(23)2-32/b7-4-,8-5+,9-6-. The average Bonchev–Trinajstić information content (AvgIpc) is 3.23. The zero-order valence-corrected chi connectivity index (χ0v) is 15.7. The molecule has 0 aliphatic rings. The van der Waals surface area contributed by atoms with Crippen LogP contribution in [0.3, 0.4) is 0 Å². The van der Waals surface area contributed by atoms with E-state index in [4.69, 9.17) is 20.2 Å². The molecular formula is C21F9N3O. The molecule has 4 rings (SSSR count). The maximum atomic E-state index is 15.1. The van der Waals surface area contributed by atoms with Gasteiger partial charge in [-0.1, -0.05) is 0 Å². The Bertz CT molecular complexity index is 1810. The quantitative estimate of drug-likeness (QED) is 0.354. The van der Waals surface area contributed by atoms with Gasteiger partial charge >= 0.3 is 0 Å². The highest BCUT2D eigenvalue weighted by molar-refractivity contribution is 6.17. The van der Waals surface area contributed by atoms with E-state index in [0.717, 1.165) is 18.2 Å². The lowest BCUT2D eigenvalue weighted by Gasteiger charge is -1.90. The predicted octanol–water partition coefficient (Wildman–Crippen LogP) is 4.10. The monoisotopic (exact) mass is 481 g/mol. The van der Waals surface area contributed by atoms with Gasteiger partial charge in [0.1, 0.15) is 41.5 Å². The highest BCUT2D eigenvalue weighted by atomic mass is 19.2. The van der Waals surface area contributed by atoms with E-state index in [2.05, 4.69) is 0 Å². The number of nitrogens with zero attached hydrogens (tertiary/aromatic N) is 3. The molecule has 0 aliphatic heterocycles. The molecule has 0 bridgehead atoms. The van der Waals surface area contributed by atoms with Crippen molar-refractivity contribution in [2.75, 3.05) is 0 Å². The molecule has 0 unspecified atom stereocenters. The van der Waals surface area contributed by atoms with Crippen molar-refractivity contribution in [1.82, 2.24) is 0 Å². The third-order valence-electron chi connectivity index (χ3n) is 4.95. The molecular weight excluding hydrogens is 481 g/mol. The minimum absolute atomic E-state index is 0.741. The minimum Gasteiger partial charge on any atom is -0.450 e. The lowest BCUT2D eigenvalue weighted by atomic mass is 10.1. The smallest absolute Gasteiger partial charge is 0.213 e. The number of halogens is 9. The van der Waals surface area contributed by atoms with Crippen molar-refractivity contribution in [1.29, 1.82) is 15.8 Å². The Morgan fingerprint density at radius 2 is 0.735 bits per heavy atom. The van der Waals surface area contributed by atoms with Gasteiger partial charge in [0.15, 0.2) is 22.8 Å². The second-order valence-electron chi connectivity index (χ2n) is 6.55. The van der Waals surface area contributed by atoms with Crippen LogP contribution < -0.4 is 15.7 Å². The van der Waals surface area contributed by atoms with Crippen LogP contribution in [0.15, 0.2) is 4.42 Å². The zero-order chi connectivity index (χ0) is 25.2. The summed E-state index contributed by atoms with van der Waals surface area (Å²) < 4.78 is 136. The van der Waals surface area contributed by atoms with Gasteiger partial charge in [0.05, 0.1) is 26.4 Å². The first kappa shape index (κ1) is 22.5. The molecule has 0 radical (unpaired) electrons. The first-order chi connectivity index (χ1) is 16.0. The summed E-state index contributed by atoms with van der Waals surface area (Å²) in [5.41, 5.74) is -3.17. The van der Waals surface area contributed by atoms with E-state index < -0.39 is 101 Å². The van der Waals surface area contributed by atoms with Crippen LogP contribution in [0, 0.1) is 68.9 Å². The van der Waals surface area contributed by atoms with Gasteiger partial charge in [-0.15, -0.1) is 0 Å². The molecule has 1 aromatic heterocycles. The lowest BCUT2D eigenvalue weighted by molar-refractivity contribution is 0.545. The van der Waals surface area contributed by atoms with Crippen LogP contribution in [0.25, 0.3) is 50.2 Å². The minimum atomic E-state index is -2.16. The molecule has 3 aromatic carbocycles. The van der Waals surface area contributed by atoms with E-state index in [9.17, 15) is 30.7 Å². The van der Waals surface area contributed by atoms with E-state index in [1.165, 1.54) is 0 Å². The van der Waals surface area contributed by atoms with Crippen LogP contribution in [0.4, 0.5) is 39.5 Å². The Morgan fingerprint density at radius 3 is 1.03 bits per heavy atom. The molecule has 34 heavy (non-hydrogen) atoms. The fourth-order valence-corrected chi connectivity index (χ4v) is 3.61. The van der Waals surface area contributed by atoms with Gasteiger partial charge in [0.2, 0.25) is 17.5 Å². The van der Waals surface area contributed by atoms with Gasteiger partial charge < -0.3 is 4.42 Å². The fraction of sp³-hybridized carbons (Fsp3) is 0.